The van der Waals surface area contributed by atoms with Crippen LogP contribution >= 0.6 is 0 Å². The van der Waals surface area contributed by atoms with Crippen LogP contribution in [0.3, 0.4) is 0 Å². The Kier molecular flexibility index (Phi) is 4.63. The summed E-state index contributed by atoms with van der Waals surface area (Å²) in [7, 11) is 2.84. The van der Waals surface area contributed by atoms with Crippen molar-refractivity contribution in [3.8, 4) is 5.75 Å². The largest absolute Gasteiger partial charge is 0.497 e. The van der Waals surface area contributed by atoms with E-state index in [1.54, 1.807) is 38.3 Å². The molecule has 1 atom stereocenters. The van der Waals surface area contributed by atoms with E-state index in [1.807, 2.05) is 0 Å². The maximum atomic E-state index is 12.6. The lowest BCUT2D eigenvalue weighted by Crippen LogP contribution is -2.28. The second-order valence-corrected chi connectivity index (χ2v) is 5.00. The first-order chi connectivity index (χ1) is 10.7. The number of amides is 1. The number of nitrogens with zero attached hydrogens (tertiary/aromatic N) is 2. The lowest BCUT2D eigenvalue weighted by Gasteiger charge is -2.14. The molecule has 1 unspecified atom stereocenters. The lowest BCUT2D eigenvalue weighted by molar-refractivity contribution is -0.141. The maximum Gasteiger partial charge on any atom is 0.435 e. The Morgan fingerprint density at radius 2 is 1.91 bits per heavy atom. The molecular weight excluding hydrogens is 311 g/mol. The van der Waals surface area contributed by atoms with Gasteiger partial charge in [-0.15, -0.1) is 0 Å². The molecule has 0 aliphatic rings. The molecule has 0 fully saturated rings. The summed E-state index contributed by atoms with van der Waals surface area (Å²) in [6.45, 7) is 1.74. The fraction of sp³-hybridized carbons (Fsp3) is 0.333. The minimum Gasteiger partial charge on any atom is -0.497 e. The molecule has 1 aromatic heterocycles. The van der Waals surface area contributed by atoms with E-state index in [1.165, 1.54) is 7.05 Å². The van der Waals surface area contributed by atoms with Gasteiger partial charge in [0.1, 0.15) is 11.4 Å². The molecule has 8 heteroatoms. The van der Waals surface area contributed by atoms with Gasteiger partial charge >= 0.3 is 6.18 Å². The molecule has 0 aliphatic heterocycles. The average Bonchev–Trinajstić information content (AvgIpc) is 2.89. The van der Waals surface area contributed by atoms with E-state index >= 15 is 0 Å². The molecule has 0 aliphatic carbocycles. The van der Waals surface area contributed by atoms with Gasteiger partial charge in [-0.3, -0.25) is 9.48 Å². The van der Waals surface area contributed by atoms with Crippen LogP contribution < -0.4 is 10.1 Å². The Labute approximate surface area is 131 Å². The number of halogens is 3. The summed E-state index contributed by atoms with van der Waals surface area (Å²) in [6, 6.07) is 7.38. The van der Waals surface area contributed by atoms with Gasteiger partial charge < -0.3 is 10.1 Å². The standard InChI is InChI=1S/C15H16F3N3O2/c1-9(10-4-6-11(23-3)7-5-10)19-14(22)12-8-13(15(16,17)18)20-21(12)2/h4-9H,1-3H3,(H,19,22). The van der Waals surface area contributed by atoms with Crippen LogP contribution in [0, 0.1) is 0 Å². The Hall–Kier alpha value is -2.51. The van der Waals surface area contributed by atoms with E-state index in [-0.39, 0.29) is 11.7 Å². The van der Waals surface area contributed by atoms with Crippen molar-refractivity contribution in [3.05, 3.63) is 47.3 Å². The van der Waals surface area contributed by atoms with Gasteiger partial charge in [-0.25, -0.2) is 0 Å². The van der Waals surface area contributed by atoms with E-state index in [9.17, 15) is 18.0 Å². The van der Waals surface area contributed by atoms with Crippen molar-refractivity contribution >= 4 is 5.91 Å². The number of aryl methyl sites for hydroxylation is 1. The Balaban J connectivity index is 2.13. The highest BCUT2D eigenvalue weighted by Gasteiger charge is 2.35. The predicted octanol–water partition coefficient (Wildman–Crippen LogP) is 2.94. The summed E-state index contributed by atoms with van der Waals surface area (Å²) >= 11 is 0. The highest BCUT2D eigenvalue weighted by molar-refractivity contribution is 5.93. The second kappa shape index (κ2) is 6.31. The van der Waals surface area contributed by atoms with Crippen LogP contribution in [0.15, 0.2) is 30.3 Å². The van der Waals surface area contributed by atoms with Gasteiger partial charge in [0, 0.05) is 13.1 Å². The molecule has 5 nitrogen and oxygen atoms in total. The molecule has 1 heterocycles. The average molecular weight is 327 g/mol. The van der Waals surface area contributed by atoms with Crippen LogP contribution in [0.4, 0.5) is 13.2 Å². The number of rotatable bonds is 4. The fourth-order valence-corrected chi connectivity index (χ4v) is 2.06. The van der Waals surface area contributed by atoms with Gasteiger partial charge in [0.2, 0.25) is 0 Å². The van der Waals surface area contributed by atoms with E-state index in [4.69, 9.17) is 4.74 Å². The molecule has 1 N–H and O–H groups in total. The molecule has 0 bridgehead atoms. The number of hydrogen-bond donors (Lipinski definition) is 1. The number of carbonyl (C=O) groups is 1. The summed E-state index contributed by atoms with van der Waals surface area (Å²) in [6.07, 6.45) is -4.59. The topological polar surface area (TPSA) is 56.1 Å². The van der Waals surface area contributed by atoms with Gasteiger partial charge in [-0.2, -0.15) is 18.3 Å². The molecule has 1 aromatic carbocycles. The molecule has 0 radical (unpaired) electrons. The molecular formula is C15H16F3N3O2. The number of carbonyl (C=O) groups excluding carboxylic acids is 1. The smallest absolute Gasteiger partial charge is 0.435 e. The van der Waals surface area contributed by atoms with E-state index in [0.29, 0.717) is 5.75 Å². The Bertz CT molecular complexity index is 693. The second-order valence-electron chi connectivity index (χ2n) is 5.00. The van der Waals surface area contributed by atoms with Crippen molar-refractivity contribution in [1.82, 2.24) is 15.1 Å². The summed E-state index contributed by atoms with van der Waals surface area (Å²) in [5, 5.41) is 5.97. The first-order valence-electron chi connectivity index (χ1n) is 6.78. The van der Waals surface area contributed by atoms with Crippen molar-refractivity contribution in [3.63, 3.8) is 0 Å². The van der Waals surface area contributed by atoms with Crippen LogP contribution in [0.1, 0.15) is 34.7 Å². The fourth-order valence-electron chi connectivity index (χ4n) is 2.06. The zero-order chi connectivity index (χ0) is 17.2. The number of aromatic nitrogens is 2. The minimum absolute atomic E-state index is 0.155. The maximum absolute atomic E-state index is 12.6. The third kappa shape index (κ3) is 3.82. The summed E-state index contributed by atoms with van der Waals surface area (Å²) in [4.78, 5) is 12.1. The van der Waals surface area contributed by atoms with Crippen LogP contribution in [0.25, 0.3) is 0 Å². The number of ether oxygens (including phenoxy) is 1. The SMILES string of the molecule is COc1ccc(C(C)NC(=O)c2cc(C(F)(F)F)nn2C)cc1. The highest BCUT2D eigenvalue weighted by atomic mass is 19.4. The molecule has 124 valence electrons. The van der Waals surface area contributed by atoms with E-state index in [2.05, 4.69) is 10.4 Å². The van der Waals surface area contributed by atoms with Crippen LogP contribution in [0.2, 0.25) is 0 Å². The van der Waals surface area contributed by atoms with Gasteiger partial charge in [0.15, 0.2) is 5.69 Å². The molecule has 1 amide bonds. The molecule has 2 aromatic rings. The molecule has 0 saturated carbocycles. The minimum atomic E-state index is -4.59. The van der Waals surface area contributed by atoms with Crippen molar-refractivity contribution < 1.29 is 22.7 Å². The van der Waals surface area contributed by atoms with Gasteiger partial charge in [-0.05, 0) is 24.6 Å². The Morgan fingerprint density at radius 1 is 1.30 bits per heavy atom. The normalized spacial score (nSPS) is 12.8. The highest BCUT2D eigenvalue weighted by Crippen LogP contribution is 2.28. The zero-order valence-corrected chi connectivity index (χ0v) is 12.8. The molecule has 0 spiro atoms. The van der Waals surface area contributed by atoms with Gasteiger partial charge in [-0.1, -0.05) is 12.1 Å². The lowest BCUT2D eigenvalue weighted by atomic mass is 10.1. The number of benzene rings is 1. The van der Waals surface area contributed by atoms with Crippen molar-refractivity contribution in [2.75, 3.05) is 7.11 Å². The number of hydrogen-bond acceptors (Lipinski definition) is 3. The Morgan fingerprint density at radius 3 is 2.39 bits per heavy atom. The number of methoxy groups -OCH3 is 1. The van der Waals surface area contributed by atoms with Crippen LogP contribution in [0.5, 0.6) is 5.75 Å². The summed E-state index contributed by atoms with van der Waals surface area (Å²) in [5.41, 5.74) is -0.447. The quantitative estimate of drug-likeness (QED) is 0.939. The third-order valence-electron chi connectivity index (χ3n) is 3.37. The van der Waals surface area contributed by atoms with Crippen molar-refractivity contribution in [2.45, 2.75) is 19.1 Å². The first kappa shape index (κ1) is 16.9. The summed E-state index contributed by atoms with van der Waals surface area (Å²) in [5.74, 6) is 0.0487. The predicted molar refractivity (Wildman–Crippen MR) is 77.1 cm³/mol. The van der Waals surface area contributed by atoms with Gasteiger partial charge in [0.25, 0.3) is 5.91 Å². The number of nitrogens with one attached hydrogen (secondary N) is 1. The van der Waals surface area contributed by atoms with Crippen LogP contribution in [-0.4, -0.2) is 22.8 Å². The molecule has 0 saturated heterocycles. The van der Waals surface area contributed by atoms with E-state index < -0.39 is 17.8 Å². The summed E-state index contributed by atoms with van der Waals surface area (Å²) < 4.78 is 43.8. The van der Waals surface area contributed by atoms with Crippen molar-refractivity contribution in [1.29, 1.82) is 0 Å². The zero-order valence-electron chi connectivity index (χ0n) is 12.8. The number of alkyl halides is 3. The van der Waals surface area contributed by atoms with E-state index in [0.717, 1.165) is 16.3 Å². The third-order valence-corrected chi connectivity index (χ3v) is 3.37. The van der Waals surface area contributed by atoms with Crippen LogP contribution in [-0.2, 0) is 13.2 Å². The van der Waals surface area contributed by atoms with Crippen molar-refractivity contribution in [2.24, 2.45) is 7.05 Å². The first-order valence-corrected chi connectivity index (χ1v) is 6.78. The van der Waals surface area contributed by atoms with Gasteiger partial charge in [0.05, 0.1) is 13.2 Å². The molecule has 23 heavy (non-hydrogen) atoms. The monoisotopic (exact) mass is 327 g/mol. The molecule has 2 rings (SSSR count).